The summed E-state index contributed by atoms with van der Waals surface area (Å²) < 4.78 is 0. The van der Waals surface area contributed by atoms with E-state index < -0.39 is 10.9 Å². The van der Waals surface area contributed by atoms with Crippen molar-refractivity contribution < 1.29 is 14.8 Å². The van der Waals surface area contributed by atoms with E-state index in [1.165, 1.54) is 6.07 Å². The molecule has 1 aliphatic heterocycles. The van der Waals surface area contributed by atoms with E-state index in [9.17, 15) is 14.9 Å². The number of nitrogens with zero attached hydrogens (tertiary/aromatic N) is 2. The van der Waals surface area contributed by atoms with Crippen LogP contribution in [0.3, 0.4) is 0 Å². The first-order chi connectivity index (χ1) is 8.47. The summed E-state index contributed by atoms with van der Waals surface area (Å²) in [5, 5.41) is 19.9. The molecule has 0 bridgehead atoms. The van der Waals surface area contributed by atoms with E-state index in [0.29, 0.717) is 30.2 Å². The van der Waals surface area contributed by atoms with Crippen molar-refractivity contribution in [3.63, 3.8) is 0 Å². The lowest BCUT2D eigenvalue weighted by molar-refractivity contribution is -0.385. The largest absolute Gasteiger partial charge is 0.481 e. The molecule has 1 N–H and O–H groups in total. The molecule has 0 unspecified atom stereocenters. The summed E-state index contributed by atoms with van der Waals surface area (Å²) in [4.78, 5) is 22.9. The molecule has 1 saturated heterocycles. The molecule has 1 fully saturated rings. The van der Waals surface area contributed by atoms with Crippen LogP contribution in [-0.2, 0) is 11.3 Å². The Bertz CT molecular complexity index is 500. The first kappa shape index (κ1) is 12.8. The van der Waals surface area contributed by atoms with Gasteiger partial charge in [-0.1, -0.05) is 11.6 Å². The van der Waals surface area contributed by atoms with Crippen LogP contribution in [-0.4, -0.2) is 34.0 Å². The van der Waals surface area contributed by atoms with Crippen LogP contribution in [0.1, 0.15) is 5.56 Å². The number of halogens is 1. The summed E-state index contributed by atoms with van der Waals surface area (Å²) >= 11 is 5.71. The van der Waals surface area contributed by atoms with Gasteiger partial charge in [0.25, 0.3) is 5.69 Å². The fraction of sp³-hybridized carbons (Fsp3) is 0.364. The van der Waals surface area contributed by atoms with Gasteiger partial charge in [-0.15, -0.1) is 0 Å². The minimum absolute atomic E-state index is 0.0266. The molecule has 1 aromatic carbocycles. The second kappa shape index (κ2) is 4.91. The van der Waals surface area contributed by atoms with Crippen molar-refractivity contribution in [3.05, 3.63) is 38.9 Å². The number of carbonyl (C=O) groups is 1. The second-order valence-electron chi connectivity index (χ2n) is 4.26. The third-order valence-corrected chi connectivity index (χ3v) is 3.18. The second-order valence-corrected chi connectivity index (χ2v) is 4.70. The summed E-state index contributed by atoms with van der Waals surface area (Å²) in [7, 11) is 0. The van der Waals surface area contributed by atoms with Crippen LogP contribution >= 0.6 is 11.6 Å². The SMILES string of the molecule is O=C(O)C1CN(Cc2ccc(Cl)cc2[N+](=O)[O-])C1. The Morgan fingerprint density at radius 3 is 2.78 bits per heavy atom. The maximum absolute atomic E-state index is 10.9. The van der Waals surface area contributed by atoms with Crippen molar-refractivity contribution in [2.45, 2.75) is 6.54 Å². The summed E-state index contributed by atoms with van der Waals surface area (Å²) in [6.45, 7) is 1.22. The van der Waals surface area contributed by atoms with Crippen molar-refractivity contribution in [2.24, 2.45) is 5.92 Å². The number of likely N-dealkylation sites (tertiary alicyclic amines) is 1. The van der Waals surface area contributed by atoms with Crippen LogP contribution in [0.25, 0.3) is 0 Å². The van der Waals surface area contributed by atoms with Gasteiger partial charge in [-0.25, -0.2) is 0 Å². The molecule has 6 nitrogen and oxygen atoms in total. The molecule has 1 aliphatic rings. The topological polar surface area (TPSA) is 83.7 Å². The first-order valence-electron chi connectivity index (χ1n) is 5.35. The molecule has 0 atom stereocenters. The third-order valence-electron chi connectivity index (χ3n) is 2.94. The number of benzene rings is 1. The lowest BCUT2D eigenvalue weighted by Gasteiger charge is -2.36. The molecule has 1 aromatic rings. The molecule has 7 heteroatoms. The normalized spacial score (nSPS) is 16.3. The number of nitro groups is 1. The molecular formula is C11H11ClN2O4. The van der Waals surface area contributed by atoms with Gasteiger partial charge in [0, 0.05) is 36.3 Å². The smallest absolute Gasteiger partial charge is 0.309 e. The predicted molar refractivity (Wildman–Crippen MR) is 64.5 cm³/mol. The van der Waals surface area contributed by atoms with Gasteiger partial charge in [0.15, 0.2) is 0 Å². The van der Waals surface area contributed by atoms with Gasteiger partial charge in [0.05, 0.1) is 10.8 Å². The molecule has 1 heterocycles. The number of carboxylic acids is 1. The average Bonchev–Trinajstić information content (AvgIpc) is 2.23. The monoisotopic (exact) mass is 270 g/mol. The lowest BCUT2D eigenvalue weighted by Crippen LogP contribution is -2.49. The highest BCUT2D eigenvalue weighted by atomic mass is 35.5. The van der Waals surface area contributed by atoms with Crippen molar-refractivity contribution >= 4 is 23.3 Å². The van der Waals surface area contributed by atoms with Gasteiger partial charge in [-0.3, -0.25) is 19.8 Å². The van der Waals surface area contributed by atoms with E-state index in [0.717, 1.165) is 0 Å². The van der Waals surface area contributed by atoms with E-state index in [-0.39, 0.29) is 11.6 Å². The van der Waals surface area contributed by atoms with Gasteiger partial charge in [-0.05, 0) is 12.1 Å². The van der Waals surface area contributed by atoms with E-state index in [1.807, 2.05) is 4.90 Å². The molecule has 0 radical (unpaired) electrons. The average molecular weight is 271 g/mol. The number of hydrogen-bond donors (Lipinski definition) is 1. The highest BCUT2D eigenvalue weighted by molar-refractivity contribution is 6.30. The Hall–Kier alpha value is -1.66. The van der Waals surface area contributed by atoms with Crippen molar-refractivity contribution in [2.75, 3.05) is 13.1 Å². The van der Waals surface area contributed by atoms with E-state index in [4.69, 9.17) is 16.7 Å². The fourth-order valence-corrected chi connectivity index (χ4v) is 2.10. The van der Waals surface area contributed by atoms with Crippen LogP contribution in [0.2, 0.25) is 5.02 Å². The number of hydrogen-bond acceptors (Lipinski definition) is 4. The van der Waals surface area contributed by atoms with Crippen LogP contribution in [0.15, 0.2) is 18.2 Å². The van der Waals surface area contributed by atoms with Gasteiger partial charge in [0.1, 0.15) is 0 Å². The van der Waals surface area contributed by atoms with Gasteiger partial charge in [0.2, 0.25) is 0 Å². The van der Waals surface area contributed by atoms with E-state index in [1.54, 1.807) is 12.1 Å². The third kappa shape index (κ3) is 2.60. The fourth-order valence-electron chi connectivity index (χ4n) is 1.94. The molecule has 0 amide bonds. The number of nitro benzene ring substituents is 1. The Kier molecular flexibility index (Phi) is 3.49. The summed E-state index contributed by atoms with van der Waals surface area (Å²) in [6.07, 6.45) is 0. The molecule has 18 heavy (non-hydrogen) atoms. The summed E-state index contributed by atoms with van der Waals surface area (Å²) in [5.41, 5.74) is 0.523. The van der Waals surface area contributed by atoms with Gasteiger partial charge in [-0.2, -0.15) is 0 Å². The number of aliphatic carboxylic acids is 1. The molecule has 2 rings (SSSR count). The quantitative estimate of drug-likeness (QED) is 0.666. The first-order valence-corrected chi connectivity index (χ1v) is 5.73. The van der Waals surface area contributed by atoms with Gasteiger partial charge < -0.3 is 5.11 Å². The van der Waals surface area contributed by atoms with Crippen LogP contribution < -0.4 is 0 Å². The zero-order valence-electron chi connectivity index (χ0n) is 9.38. The highest BCUT2D eigenvalue weighted by Gasteiger charge is 2.33. The Balaban J connectivity index is 2.07. The number of carboxylic acid groups (broad SMARTS) is 1. The zero-order valence-corrected chi connectivity index (χ0v) is 10.1. The molecule has 96 valence electrons. The Morgan fingerprint density at radius 2 is 2.22 bits per heavy atom. The maximum atomic E-state index is 10.9. The maximum Gasteiger partial charge on any atom is 0.309 e. The molecule has 0 aliphatic carbocycles. The van der Waals surface area contributed by atoms with Crippen molar-refractivity contribution in [1.29, 1.82) is 0 Å². The van der Waals surface area contributed by atoms with E-state index >= 15 is 0 Å². The minimum atomic E-state index is -0.822. The highest BCUT2D eigenvalue weighted by Crippen LogP contribution is 2.27. The van der Waals surface area contributed by atoms with Crippen LogP contribution in [0.5, 0.6) is 0 Å². The zero-order chi connectivity index (χ0) is 13.3. The molecule has 0 aromatic heterocycles. The molecule has 0 spiro atoms. The van der Waals surface area contributed by atoms with E-state index in [2.05, 4.69) is 0 Å². The van der Waals surface area contributed by atoms with Crippen LogP contribution in [0.4, 0.5) is 5.69 Å². The van der Waals surface area contributed by atoms with Gasteiger partial charge >= 0.3 is 5.97 Å². The standard InChI is InChI=1S/C11H11ClN2O4/c12-9-2-1-7(10(3-9)14(17)18)4-13-5-8(6-13)11(15)16/h1-3,8H,4-6H2,(H,15,16). The molecule has 0 saturated carbocycles. The Morgan fingerprint density at radius 1 is 1.56 bits per heavy atom. The minimum Gasteiger partial charge on any atom is -0.481 e. The summed E-state index contributed by atoms with van der Waals surface area (Å²) in [5.74, 6) is -1.19. The van der Waals surface area contributed by atoms with Crippen molar-refractivity contribution in [1.82, 2.24) is 4.90 Å². The number of rotatable bonds is 4. The molecular weight excluding hydrogens is 260 g/mol. The summed E-state index contributed by atoms with van der Waals surface area (Å²) in [6, 6.07) is 4.51. The predicted octanol–water partition coefficient (Wildman–Crippen LogP) is 1.76. The van der Waals surface area contributed by atoms with Crippen LogP contribution in [0, 0.1) is 16.0 Å². The lowest BCUT2D eigenvalue weighted by atomic mass is 9.99. The Labute approximate surface area is 108 Å². The van der Waals surface area contributed by atoms with Crippen molar-refractivity contribution in [3.8, 4) is 0 Å².